The molecule has 0 atom stereocenters. The molecular weight excluding hydrogens is 298 g/mol. The van der Waals surface area contributed by atoms with Gasteiger partial charge in [0.15, 0.2) is 0 Å². The lowest BCUT2D eigenvalue weighted by Crippen LogP contribution is -2.04. The number of benzene rings is 2. The van der Waals surface area contributed by atoms with E-state index in [2.05, 4.69) is 23.6 Å². The van der Waals surface area contributed by atoms with E-state index in [1.807, 2.05) is 36.4 Å². The molecule has 0 fully saturated rings. The van der Waals surface area contributed by atoms with Gasteiger partial charge in [0.25, 0.3) is 0 Å². The van der Waals surface area contributed by atoms with Gasteiger partial charge >= 0.3 is 0 Å². The molecule has 0 aliphatic rings. The molecule has 114 valence electrons. The molecule has 22 heavy (non-hydrogen) atoms. The quantitative estimate of drug-likeness (QED) is 0.668. The number of nitrogens with zero attached hydrogens (tertiary/aromatic N) is 1. The molecule has 0 radical (unpaired) electrons. The SMILES string of the molecule is CCn1c(COc2cccc(OC)c2)cc2cc(Cl)ccc21. The van der Waals surface area contributed by atoms with Crippen LogP contribution in [0.4, 0.5) is 0 Å². The zero-order valence-corrected chi connectivity index (χ0v) is 13.4. The first-order valence-electron chi connectivity index (χ1n) is 7.26. The van der Waals surface area contributed by atoms with Crippen LogP contribution >= 0.6 is 11.6 Å². The summed E-state index contributed by atoms with van der Waals surface area (Å²) in [4.78, 5) is 0. The molecule has 0 aliphatic carbocycles. The molecule has 0 amide bonds. The lowest BCUT2D eigenvalue weighted by molar-refractivity contribution is 0.294. The average molecular weight is 316 g/mol. The summed E-state index contributed by atoms with van der Waals surface area (Å²) in [6, 6.07) is 15.7. The van der Waals surface area contributed by atoms with Crippen molar-refractivity contribution in [1.82, 2.24) is 4.57 Å². The summed E-state index contributed by atoms with van der Waals surface area (Å²) in [5, 5.41) is 1.89. The summed E-state index contributed by atoms with van der Waals surface area (Å²) in [7, 11) is 1.65. The molecule has 0 unspecified atom stereocenters. The van der Waals surface area contributed by atoms with Crippen LogP contribution in [0.3, 0.4) is 0 Å². The highest BCUT2D eigenvalue weighted by atomic mass is 35.5. The minimum atomic E-state index is 0.507. The molecule has 2 aromatic carbocycles. The molecule has 0 N–H and O–H groups in total. The predicted octanol–water partition coefficient (Wildman–Crippen LogP) is 4.90. The molecule has 0 bridgehead atoms. The first-order chi connectivity index (χ1) is 10.7. The fourth-order valence-electron chi connectivity index (χ4n) is 2.64. The van der Waals surface area contributed by atoms with Crippen molar-refractivity contribution >= 4 is 22.5 Å². The number of hydrogen-bond donors (Lipinski definition) is 0. The minimum Gasteiger partial charge on any atom is -0.497 e. The third-order valence-corrected chi connectivity index (χ3v) is 3.93. The maximum atomic E-state index is 6.08. The van der Waals surface area contributed by atoms with E-state index >= 15 is 0 Å². The number of aryl methyl sites for hydroxylation is 1. The largest absolute Gasteiger partial charge is 0.497 e. The lowest BCUT2D eigenvalue weighted by atomic mass is 10.2. The van der Waals surface area contributed by atoms with Gasteiger partial charge in [-0.25, -0.2) is 0 Å². The van der Waals surface area contributed by atoms with Crippen LogP contribution in [0.1, 0.15) is 12.6 Å². The molecule has 0 spiro atoms. The Hall–Kier alpha value is -2.13. The Balaban J connectivity index is 1.86. The lowest BCUT2D eigenvalue weighted by Gasteiger charge is -2.10. The van der Waals surface area contributed by atoms with Crippen LogP contribution in [-0.4, -0.2) is 11.7 Å². The van der Waals surface area contributed by atoms with Crippen molar-refractivity contribution in [3.05, 3.63) is 59.2 Å². The van der Waals surface area contributed by atoms with E-state index in [0.717, 1.165) is 34.1 Å². The van der Waals surface area contributed by atoms with Crippen molar-refractivity contribution in [3.8, 4) is 11.5 Å². The topological polar surface area (TPSA) is 23.4 Å². The molecule has 0 saturated carbocycles. The van der Waals surface area contributed by atoms with Crippen LogP contribution in [0.25, 0.3) is 10.9 Å². The van der Waals surface area contributed by atoms with Gasteiger partial charge in [-0.1, -0.05) is 17.7 Å². The van der Waals surface area contributed by atoms with Gasteiger partial charge in [-0.15, -0.1) is 0 Å². The second kappa shape index (κ2) is 6.32. The van der Waals surface area contributed by atoms with Crippen LogP contribution in [0.5, 0.6) is 11.5 Å². The van der Waals surface area contributed by atoms with E-state index in [1.54, 1.807) is 7.11 Å². The predicted molar refractivity (Wildman–Crippen MR) is 89.9 cm³/mol. The number of methoxy groups -OCH3 is 1. The Morgan fingerprint density at radius 1 is 1.05 bits per heavy atom. The maximum absolute atomic E-state index is 6.08. The molecule has 0 aliphatic heterocycles. The maximum Gasteiger partial charge on any atom is 0.128 e. The highest BCUT2D eigenvalue weighted by Gasteiger charge is 2.09. The van der Waals surface area contributed by atoms with E-state index in [0.29, 0.717) is 6.61 Å². The van der Waals surface area contributed by atoms with Gasteiger partial charge < -0.3 is 14.0 Å². The Kier molecular flexibility index (Phi) is 4.25. The van der Waals surface area contributed by atoms with Crippen LogP contribution in [-0.2, 0) is 13.2 Å². The zero-order chi connectivity index (χ0) is 15.5. The fourth-order valence-corrected chi connectivity index (χ4v) is 2.82. The number of rotatable bonds is 5. The monoisotopic (exact) mass is 315 g/mol. The first kappa shape index (κ1) is 14.8. The number of ether oxygens (including phenoxy) is 2. The van der Waals surface area contributed by atoms with E-state index in [4.69, 9.17) is 21.1 Å². The standard InChI is InChI=1S/C18H18ClNO2/c1-3-20-15(10-13-9-14(19)7-8-18(13)20)12-22-17-6-4-5-16(11-17)21-2/h4-11H,3,12H2,1-2H3. The first-order valence-corrected chi connectivity index (χ1v) is 7.63. The Morgan fingerprint density at radius 2 is 1.86 bits per heavy atom. The number of hydrogen-bond acceptors (Lipinski definition) is 2. The van der Waals surface area contributed by atoms with E-state index in [-0.39, 0.29) is 0 Å². The van der Waals surface area contributed by atoms with Gasteiger partial charge in [0.1, 0.15) is 18.1 Å². The number of fused-ring (bicyclic) bond motifs is 1. The third kappa shape index (κ3) is 2.90. The summed E-state index contributed by atoms with van der Waals surface area (Å²) in [6.45, 7) is 3.53. The third-order valence-electron chi connectivity index (χ3n) is 3.69. The molecular formula is C18H18ClNO2. The zero-order valence-electron chi connectivity index (χ0n) is 12.7. The van der Waals surface area contributed by atoms with Gasteiger partial charge in [0.2, 0.25) is 0 Å². The van der Waals surface area contributed by atoms with E-state index in [1.165, 1.54) is 5.52 Å². The second-order valence-corrected chi connectivity index (χ2v) is 5.49. The van der Waals surface area contributed by atoms with Crippen molar-refractivity contribution in [2.75, 3.05) is 7.11 Å². The van der Waals surface area contributed by atoms with E-state index < -0.39 is 0 Å². The molecule has 3 aromatic rings. The highest BCUT2D eigenvalue weighted by molar-refractivity contribution is 6.31. The van der Waals surface area contributed by atoms with Crippen molar-refractivity contribution in [2.45, 2.75) is 20.1 Å². The average Bonchev–Trinajstić information content (AvgIpc) is 2.89. The Morgan fingerprint density at radius 3 is 2.64 bits per heavy atom. The summed E-state index contributed by atoms with van der Waals surface area (Å²) in [5.41, 5.74) is 2.30. The molecule has 3 nitrogen and oxygen atoms in total. The molecule has 1 heterocycles. The van der Waals surface area contributed by atoms with Crippen LogP contribution in [0.15, 0.2) is 48.5 Å². The smallest absolute Gasteiger partial charge is 0.128 e. The van der Waals surface area contributed by atoms with Gasteiger partial charge in [-0.2, -0.15) is 0 Å². The van der Waals surface area contributed by atoms with Gasteiger partial charge in [-0.05, 0) is 43.3 Å². The summed E-state index contributed by atoms with van der Waals surface area (Å²) >= 11 is 6.08. The molecule has 1 aromatic heterocycles. The van der Waals surface area contributed by atoms with E-state index in [9.17, 15) is 0 Å². The highest BCUT2D eigenvalue weighted by Crippen LogP contribution is 2.25. The molecule has 0 saturated heterocycles. The van der Waals surface area contributed by atoms with Crippen molar-refractivity contribution in [2.24, 2.45) is 0 Å². The Labute approximate surface area is 135 Å². The number of halogens is 1. The van der Waals surface area contributed by atoms with Crippen LogP contribution in [0, 0.1) is 0 Å². The van der Waals surface area contributed by atoms with Gasteiger partial charge in [-0.3, -0.25) is 0 Å². The van der Waals surface area contributed by atoms with Crippen molar-refractivity contribution in [1.29, 1.82) is 0 Å². The summed E-state index contributed by atoms with van der Waals surface area (Å²) < 4.78 is 13.4. The van der Waals surface area contributed by atoms with Crippen molar-refractivity contribution < 1.29 is 9.47 Å². The normalized spacial score (nSPS) is 10.9. The number of aromatic nitrogens is 1. The minimum absolute atomic E-state index is 0.507. The fraction of sp³-hybridized carbons (Fsp3) is 0.222. The molecule has 3 rings (SSSR count). The summed E-state index contributed by atoms with van der Waals surface area (Å²) in [6.07, 6.45) is 0. The second-order valence-electron chi connectivity index (χ2n) is 5.05. The summed E-state index contributed by atoms with van der Waals surface area (Å²) in [5.74, 6) is 1.59. The van der Waals surface area contributed by atoms with Gasteiger partial charge in [0.05, 0.1) is 12.8 Å². The Bertz CT molecular complexity index is 795. The van der Waals surface area contributed by atoms with Crippen molar-refractivity contribution in [3.63, 3.8) is 0 Å². The molecule has 4 heteroatoms. The van der Waals surface area contributed by atoms with Crippen LogP contribution in [0.2, 0.25) is 5.02 Å². The van der Waals surface area contributed by atoms with Crippen LogP contribution < -0.4 is 9.47 Å². The van der Waals surface area contributed by atoms with Gasteiger partial charge in [0, 0.05) is 28.5 Å².